The van der Waals surface area contributed by atoms with Crippen LogP contribution in [-0.4, -0.2) is 61.2 Å². The lowest BCUT2D eigenvalue weighted by atomic mass is 10.1. The summed E-state index contributed by atoms with van der Waals surface area (Å²) in [6.45, 7) is 7.89. The van der Waals surface area contributed by atoms with Crippen LogP contribution in [0.2, 0.25) is 0 Å². The van der Waals surface area contributed by atoms with Crippen LogP contribution in [0.1, 0.15) is 37.9 Å². The van der Waals surface area contributed by atoms with E-state index in [9.17, 15) is 8.42 Å². The first-order valence-electron chi connectivity index (χ1n) is 7.83. The predicted molar refractivity (Wildman–Crippen MR) is 110 cm³/mol. The third kappa shape index (κ3) is 7.82. The first-order chi connectivity index (χ1) is 10.6. The molecule has 1 rings (SSSR count). The lowest BCUT2D eigenvalue weighted by Crippen LogP contribution is -2.39. The smallest absolute Gasteiger partial charge is 0.193 e. The van der Waals surface area contributed by atoms with E-state index < -0.39 is 9.84 Å². The second-order valence-corrected chi connectivity index (χ2v) is 8.35. The minimum atomic E-state index is -3.00. The maximum atomic E-state index is 11.2. The van der Waals surface area contributed by atoms with Crippen molar-refractivity contribution in [1.29, 1.82) is 0 Å². The lowest BCUT2D eigenvalue weighted by Gasteiger charge is -2.22. The van der Waals surface area contributed by atoms with E-state index in [1.54, 1.807) is 0 Å². The van der Waals surface area contributed by atoms with Crippen molar-refractivity contribution in [1.82, 2.24) is 20.0 Å². The molecular formula is C15H30IN5O2S. The number of aliphatic imine (C=N–C) groups is 1. The Morgan fingerprint density at radius 3 is 2.58 bits per heavy atom. The Morgan fingerprint density at radius 2 is 2.08 bits per heavy atom. The van der Waals surface area contributed by atoms with E-state index in [4.69, 9.17) is 0 Å². The van der Waals surface area contributed by atoms with Crippen molar-refractivity contribution in [3.05, 3.63) is 17.5 Å². The van der Waals surface area contributed by atoms with Gasteiger partial charge in [0.25, 0.3) is 0 Å². The summed E-state index contributed by atoms with van der Waals surface area (Å²) in [6.07, 6.45) is 3.25. The molecule has 1 heterocycles. The molecule has 1 N–H and O–H groups in total. The Kier molecular flexibility index (Phi) is 9.86. The maximum Gasteiger partial charge on any atom is 0.193 e. The molecule has 1 aromatic heterocycles. The number of rotatable bonds is 7. The van der Waals surface area contributed by atoms with Gasteiger partial charge in [-0.3, -0.25) is 9.67 Å². The number of nitrogens with zero attached hydrogens (tertiary/aromatic N) is 4. The molecule has 0 aliphatic rings. The topological polar surface area (TPSA) is 79.6 Å². The minimum Gasteiger partial charge on any atom is -0.357 e. The Balaban J connectivity index is 0.00000529. The van der Waals surface area contributed by atoms with E-state index in [2.05, 4.69) is 29.3 Å². The monoisotopic (exact) mass is 471 g/mol. The van der Waals surface area contributed by atoms with Gasteiger partial charge in [-0.15, -0.1) is 24.0 Å². The van der Waals surface area contributed by atoms with Crippen LogP contribution in [0.4, 0.5) is 0 Å². The van der Waals surface area contributed by atoms with Gasteiger partial charge in [0, 0.05) is 45.2 Å². The van der Waals surface area contributed by atoms with Crippen molar-refractivity contribution in [2.45, 2.75) is 33.2 Å². The molecule has 140 valence electrons. The van der Waals surface area contributed by atoms with Crippen LogP contribution in [0, 0.1) is 0 Å². The largest absolute Gasteiger partial charge is 0.357 e. The van der Waals surface area contributed by atoms with Crippen LogP contribution < -0.4 is 5.32 Å². The van der Waals surface area contributed by atoms with Gasteiger partial charge in [0.05, 0.1) is 18.0 Å². The van der Waals surface area contributed by atoms with Crippen molar-refractivity contribution >= 4 is 39.8 Å². The Hall–Kier alpha value is -0.840. The number of halogens is 1. The standard InChI is InChI=1S/C15H29N5O2S.HI/c1-7-16-15(17-8-9-23(6,21)22)19(4)10-13-11-20(5)18-14(13)12(2)3;/h11-12H,7-10H2,1-6H3,(H,16,17);1H. The van der Waals surface area contributed by atoms with Crippen molar-refractivity contribution in [2.24, 2.45) is 12.0 Å². The molecule has 1 aromatic rings. The van der Waals surface area contributed by atoms with E-state index in [-0.39, 0.29) is 36.3 Å². The van der Waals surface area contributed by atoms with Crippen LogP contribution in [0.25, 0.3) is 0 Å². The van der Waals surface area contributed by atoms with Gasteiger partial charge in [-0.2, -0.15) is 5.10 Å². The summed E-state index contributed by atoms with van der Waals surface area (Å²) in [7, 11) is 0.860. The summed E-state index contributed by atoms with van der Waals surface area (Å²) in [5.41, 5.74) is 2.23. The highest BCUT2D eigenvalue weighted by Gasteiger charge is 2.15. The van der Waals surface area contributed by atoms with Gasteiger partial charge < -0.3 is 10.2 Å². The fraction of sp³-hybridized carbons (Fsp3) is 0.733. The number of hydrogen-bond acceptors (Lipinski definition) is 4. The number of hydrogen-bond donors (Lipinski definition) is 1. The Labute approximate surface area is 162 Å². The van der Waals surface area contributed by atoms with Crippen molar-refractivity contribution in [3.8, 4) is 0 Å². The van der Waals surface area contributed by atoms with Crippen molar-refractivity contribution in [2.75, 3.05) is 32.1 Å². The molecule has 0 aliphatic carbocycles. The van der Waals surface area contributed by atoms with Crippen molar-refractivity contribution < 1.29 is 8.42 Å². The SMILES string of the molecule is CCNC(=NCCS(C)(=O)=O)N(C)Cc1cn(C)nc1C(C)C.I. The van der Waals surface area contributed by atoms with E-state index >= 15 is 0 Å². The quantitative estimate of drug-likeness (QED) is 0.372. The first-order valence-corrected chi connectivity index (χ1v) is 9.89. The van der Waals surface area contributed by atoms with Crippen LogP contribution in [0.15, 0.2) is 11.2 Å². The molecular weight excluding hydrogens is 441 g/mol. The molecule has 0 unspecified atom stereocenters. The van der Waals surface area contributed by atoms with E-state index in [0.29, 0.717) is 18.4 Å². The second kappa shape index (κ2) is 10.2. The zero-order valence-corrected chi connectivity index (χ0v) is 18.6. The zero-order valence-electron chi connectivity index (χ0n) is 15.4. The summed E-state index contributed by atoms with van der Waals surface area (Å²) in [4.78, 5) is 6.40. The number of sulfone groups is 1. The zero-order chi connectivity index (χ0) is 17.6. The number of aryl methyl sites for hydroxylation is 1. The molecule has 0 fully saturated rings. The first kappa shape index (κ1) is 23.2. The van der Waals surface area contributed by atoms with Crippen LogP contribution in [-0.2, 0) is 23.4 Å². The van der Waals surface area contributed by atoms with Gasteiger partial charge in [0.2, 0.25) is 0 Å². The summed E-state index contributed by atoms with van der Waals surface area (Å²) in [6, 6.07) is 0. The summed E-state index contributed by atoms with van der Waals surface area (Å²) in [5, 5.41) is 7.71. The molecule has 0 aliphatic heterocycles. The van der Waals surface area contributed by atoms with Gasteiger partial charge in [-0.1, -0.05) is 13.8 Å². The van der Waals surface area contributed by atoms with E-state index in [1.807, 2.05) is 36.8 Å². The Bertz CT molecular complexity index is 640. The summed E-state index contributed by atoms with van der Waals surface area (Å²) >= 11 is 0. The average Bonchev–Trinajstić information content (AvgIpc) is 2.77. The Morgan fingerprint density at radius 1 is 1.46 bits per heavy atom. The normalized spacial score (nSPS) is 12.2. The van der Waals surface area contributed by atoms with E-state index in [1.165, 1.54) is 6.26 Å². The van der Waals surface area contributed by atoms with Crippen LogP contribution in [0.3, 0.4) is 0 Å². The molecule has 0 saturated heterocycles. The molecule has 0 saturated carbocycles. The van der Waals surface area contributed by atoms with Gasteiger partial charge in [0.15, 0.2) is 5.96 Å². The minimum absolute atomic E-state index is 0. The second-order valence-electron chi connectivity index (χ2n) is 6.09. The predicted octanol–water partition coefficient (Wildman–Crippen LogP) is 1.60. The maximum absolute atomic E-state index is 11.2. The molecule has 0 radical (unpaired) electrons. The fourth-order valence-electron chi connectivity index (χ4n) is 2.28. The molecule has 0 atom stereocenters. The summed E-state index contributed by atoms with van der Waals surface area (Å²) < 4.78 is 24.3. The highest BCUT2D eigenvalue weighted by Crippen LogP contribution is 2.18. The number of aromatic nitrogens is 2. The molecule has 9 heteroatoms. The van der Waals surface area contributed by atoms with Gasteiger partial charge in [-0.25, -0.2) is 8.42 Å². The lowest BCUT2D eigenvalue weighted by molar-refractivity contribution is 0.474. The number of guanidine groups is 1. The van der Waals surface area contributed by atoms with E-state index in [0.717, 1.165) is 17.8 Å². The van der Waals surface area contributed by atoms with Crippen molar-refractivity contribution in [3.63, 3.8) is 0 Å². The average molecular weight is 471 g/mol. The molecule has 24 heavy (non-hydrogen) atoms. The highest BCUT2D eigenvalue weighted by molar-refractivity contribution is 14.0. The third-order valence-corrected chi connectivity index (χ3v) is 4.24. The molecule has 0 spiro atoms. The number of nitrogens with one attached hydrogen (secondary N) is 1. The highest BCUT2D eigenvalue weighted by atomic mass is 127. The van der Waals surface area contributed by atoms with Gasteiger partial charge in [0.1, 0.15) is 9.84 Å². The summed E-state index contributed by atoms with van der Waals surface area (Å²) in [5.74, 6) is 1.11. The van der Waals surface area contributed by atoms with Gasteiger partial charge >= 0.3 is 0 Å². The molecule has 0 aromatic carbocycles. The molecule has 0 amide bonds. The van der Waals surface area contributed by atoms with Crippen LogP contribution >= 0.6 is 24.0 Å². The molecule has 7 nitrogen and oxygen atoms in total. The molecule has 0 bridgehead atoms. The third-order valence-electron chi connectivity index (χ3n) is 3.31. The van der Waals surface area contributed by atoms with Crippen LogP contribution in [0.5, 0.6) is 0 Å². The van der Waals surface area contributed by atoms with Gasteiger partial charge in [-0.05, 0) is 12.8 Å². The fourth-order valence-corrected chi connectivity index (χ4v) is 2.70.